The molecule has 9 nitrogen and oxygen atoms in total. The van der Waals surface area contributed by atoms with E-state index in [0.29, 0.717) is 58.5 Å². The summed E-state index contributed by atoms with van der Waals surface area (Å²) >= 11 is 0. The van der Waals surface area contributed by atoms with E-state index in [2.05, 4.69) is 42.8 Å². The highest BCUT2D eigenvalue weighted by molar-refractivity contribution is 5.75. The van der Waals surface area contributed by atoms with Crippen molar-refractivity contribution in [2.45, 2.75) is 329 Å². The molecule has 3 atom stereocenters. The monoisotopic (exact) mass is 994 g/mol. The highest BCUT2D eigenvalue weighted by Crippen LogP contribution is 2.17. The summed E-state index contributed by atoms with van der Waals surface area (Å²) in [5, 5.41) is 36.0. The average Bonchev–Trinajstić information content (AvgIpc) is 3.34. The summed E-state index contributed by atoms with van der Waals surface area (Å²) in [4.78, 5) is 29.9. The van der Waals surface area contributed by atoms with Gasteiger partial charge in [0.1, 0.15) is 0 Å². The third-order valence-corrected chi connectivity index (χ3v) is 14.5. The van der Waals surface area contributed by atoms with Crippen LogP contribution >= 0.6 is 0 Å². The number of carbonyl (C=O) groups is 2. The van der Waals surface area contributed by atoms with Crippen LogP contribution in [0.3, 0.4) is 0 Å². The summed E-state index contributed by atoms with van der Waals surface area (Å²) < 4.78 is 5.61. The number of nitrogens with one attached hydrogen (secondary N) is 1. The molecular formula is C61H123N3O6. The Morgan fingerprint density at radius 2 is 0.686 bits per heavy atom. The van der Waals surface area contributed by atoms with Crippen LogP contribution in [0.5, 0.6) is 0 Å². The highest BCUT2D eigenvalue weighted by atomic mass is 16.5. The van der Waals surface area contributed by atoms with Gasteiger partial charge in [-0.3, -0.25) is 14.5 Å². The molecule has 9 heteroatoms. The number of unbranched alkanes of at least 4 members (excludes halogenated alkanes) is 32. The molecule has 418 valence electrons. The number of hydrogen-bond acceptors (Lipinski definition) is 8. The zero-order valence-electron chi connectivity index (χ0n) is 47.5. The van der Waals surface area contributed by atoms with Gasteiger partial charge in [0.15, 0.2) is 0 Å². The maximum atomic E-state index is 12.7. The topological polar surface area (TPSA) is 123 Å². The number of esters is 1. The molecule has 0 heterocycles. The van der Waals surface area contributed by atoms with Gasteiger partial charge in [0.2, 0.25) is 5.91 Å². The minimum atomic E-state index is -0.409. The minimum Gasteiger partial charge on any atom is -0.466 e. The van der Waals surface area contributed by atoms with Crippen LogP contribution in [0.1, 0.15) is 310 Å². The molecular weight excluding hydrogens is 871 g/mol. The van der Waals surface area contributed by atoms with Crippen molar-refractivity contribution in [2.24, 2.45) is 0 Å². The van der Waals surface area contributed by atoms with Crippen LogP contribution < -0.4 is 5.32 Å². The van der Waals surface area contributed by atoms with Crippen LogP contribution in [-0.2, 0) is 14.3 Å². The zero-order valence-corrected chi connectivity index (χ0v) is 47.5. The van der Waals surface area contributed by atoms with Gasteiger partial charge >= 0.3 is 5.97 Å². The lowest BCUT2D eigenvalue weighted by atomic mass is 10.0. The van der Waals surface area contributed by atoms with Gasteiger partial charge in [-0.05, 0) is 64.5 Å². The minimum absolute atomic E-state index is 0.0777. The van der Waals surface area contributed by atoms with Gasteiger partial charge in [-0.1, -0.05) is 246 Å². The highest BCUT2D eigenvalue weighted by Gasteiger charge is 2.17. The summed E-state index contributed by atoms with van der Waals surface area (Å²) in [7, 11) is 0. The van der Waals surface area contributed by atoms with Gasteiger partial charge in [-0.2, -0.15) is 0 Å². The van der Waals surface area contributed by atoms with Crippen molar-refractivity contribution in [1.29, 1.82) is 0 Å². The summed E-state index contributed by atoms with van der Waals surface area (Å²) in [6.45, 7) is 14.5. The molecule has 0 saturated carbocycles. The largest absolute Gasteiger partial charge is 0.466 e. The fourth-order valence-corrected chi connectivity index (χ4v) is 9.98. The lowest BCUT2D eigenvalue weighted by Crippen LogP contribution is -2.39. The Kier molecular flexibility index (Phi) is 54.5. The molecule has 70 heavy (non-hydrogen) atoms. The third kappa shape index (κ3) is 51.6. The Labute approximate surface area is 436 Å². The summed E-state index contributed by atoms with van der Waals surface area (Å²) in [5.41, 5.74) is 0. The van der Waals surface area contributed by atoms with Gasteiger partial charge in [-0.15, -0.1) is 0 Å². The van der Waals surface area contributed by atoms with E-state index in [1.165, 1.54) is 199 Å². The van der Waals surface area contributed by atoms with E-state index in [1.807, 2.05) is 0 Å². The van der Waals surface area contributed by atoms with E-state index in [1.54, 1.807) is 0 Å². The van der Waals surface area contributed by atoms with Crippen LogP contribution in [0.4, 0.5) is 0 Å². The average molecular weight is 995 g/mol. The molecule has 2 unspecified atom stereocenters. The van der Waals surface area contributed by atoms with Crippen molar-refractivity contribution < 1.29 is 29.6 Å². The van der Waals surface area contributed by atoms with E-state index in [0.717, 1.165) is 77.4 Å². The Balaban J connectivity index is 4.54. The van der Waals surface area contributed by atoms with Crippen molar-refractivity contribution in [3.8, 4) is 0 Å². The molecule has 0 aliphatic rings. The van der Waals surface area contributed by atoms with E-state index in [4.69, 9.17) is 4.74 Å². The molecule has 0 bridgehead atoms. The van der Waals surface area contributed by atoms with Crippen molar-refractivity contribution >= 4 is 11.9 Å². The Bertz CT molecular complexity index is 1040. The van der Waals surface area contributed by atoms with Crippen LogP contribution in [0.15, 0.2) is 0 Å². The van der Waals surface area contributed by atoms with Crippen molar-refractivity contribution in [3.63, 3.8) is 0 Å². The van der Waals surface area contributed by atoms with Gasteiger partial charge in [0.25, 0.3) is 0 Å². The van der Waals surface area contributed by atoms with Gasteiger partial charge in [-0.25, -0.2) is 0 Å². The quantitative estimate of drug-likeness (QED) is 0.0351. The molecule has 0 saturated heterocycles. The summed E-state index contributed by atoms with van der Waals surface area (Å²) in [5.74, 6) is -0.111. The Morgan fingerprint density at radius 3 is 1.10 bits per heavy atom. The number of carbonyl (C=O) groups excluding carboxylic acids is 2. The number of aliphatic hydroxyl groups is 3. The molecule has 0 spiro atoms. The standard InChI is InChI=1S/C61H123N3O6/c1-5-9-13-17-21-25-26-30-34-41-50-63(54-57(65)44-36-31-27-22-18-14-10-6-2)51-42-49-62-60(68)47-39-35-40-48-61(69)70-53-43-52-64(55-58(66)45-37-32-28-23-19-15-11-7-3)56-59(67)46-38-33-29-24-20-16-12-8-4/h57-59,65-67H,5-56H2,1-4H3,(H,62,68)/t57?,58-,59?/m0/s1. The molecule has 0 aliphatic carbocycles. The Hall–Kier alpha value is -1.26. The predicted octanol–water partition coefficient (Wildman–Crippen LogP) is 15.6. The SMILES string of the molecule is CCCCCCCCCCCCN(CCCNC(=O)CCCCCC(=O)OCCCN(CC(O)CCCCCCCCCC)C[C@@H](O)CCCCCCCCCC)CC(O)CCCCCCCCCC. The third-order valence-electron chi connectivity index (χ3n) is 14.5. The second kappa shape index (κ2) is 55.5. The smallest absolute Gasteiger partial charge is 0.305 e. The Morgan fingerprint density at radius 1 is 0.371 bits per heavy atom. The van der Waals surface area contributed by atoms with Crippen LogP contribution in [0.2, 0.25) is 0 Å². The van der Waals surface area contributed by atoms with E-state index < -0.39 is 12.2 Å². The maximum absolute atomic E-state index is 12.7. The predicted molar refractivity (Wildman–Crippen MR) is 301 cm³/mol. The molecule has 0 aliphatic heterocycles. The fourth-order valence-electron chi connectivity index (χ4n) is 9.98. The molecule has 1 amide bonds. The van der Waals surface area contributed by atoms with Crippen LogP contribution in [0.25, 0.3) is 0 Å². The first-order chi connectivity index (χ1) is 34.2. The number of aliphatic hydroxyl groups excluding tert-OH is 3. The van der Waals surface area contributed by atoms with Gasteiger partial charge in [0, 0.05) is 45.6 Å². The number of amides is 1. The van der Waals surface area contributed by atoms with E-state index in [-0.39, 0.29) is 18.0 Å². The van der Waals surface area contributed by atoms with E-state index in [9.17, 15) is 24.9 Å². The molecule has 0 aromatic carbocycles. The van der Waals surface area contributed by atoms with Crippen molar-refractivity contribution in [2.75, 3.05) is 52.4 Å². The van der Waals surface area contributed by atoms with Gasteiger partial charge < -0.3 is 30.3 Å². The molecule has 0 rings (SSSR count). The summed E-state index contributed by atoms with van der Waals surface area (Å²) in [6.07, 6.45) is 49.5. The first kappa shape index (κ1) is 68.7. The fraction of sp³-hybridized carbons (Fsp3) is 0.967. The van der Waals surface area contributed by atoms with Crippen molar-refractivity contribution in [1.82, 2.24) is 15.1 Å². The van der Waals surface area contributed by atoms with Gasteiger partial charge in [0.05, 0.1) is 24.9 Å². The van der Waals surface area contributed by atoms with E-state index >= 15 is 0 Å². The lowest BCUT2D eigenvalue weighted by molar-refractivity contribution is -0.144. The molecule has 0 aromatic heterocycles. The molecule has 0 aromatic rings. The lowest BCUT2D eigenvalue weighted by Gasteiger charge is -2.27. The molecule has 0 fully saturated rings. The zero-order chi connectivity index (χ0) is 51.2. The second-order valence-corrected chi connectivity index (χ2v) is 21.8. The number of ether oxygens (including phenoxy) is 1. The number of hydrogen-bond donors (Lipinski definition) is 4. The normalized spacial score (nSPS) is 13.1. The van der Waals surface area contributed by atoms with Crippen LogP contribution in [-0.4, -0.2) is 108 Å². The van der Waals surface area contributed by atoms with Crippen LogP contribution in [0, 0.1) is 0 Å². The molecule has 4 N–H and O–H groups in total. The summed E-state index contributed by atoms with van der Waals surface area (Å²) in [6, 6.07) is 0. The second-order valence-electron chi connectivity index (χ2n) is 21.8. The maximum Gasteiger partial charge on any atom is 0.305 e. The molecule has 0 radical (unpaired) electrons. The number of nitrogens with zero attached hydrogens (tertiary/aromatic N) is 2. The van der Waals surface area contributed by atoms with Crippen molar-refractivity contribution in [3.05, 3.63) is 0 Å². The first-order valence-electron chi connectivity index (χ1n) is 31.2. The first-order valence-corrected chi connectivity index (χ1v) is 31.2. The number of rotatable bonds is 58.